The minimum Gasteiger partial charge on any atom is -0.316 e. The molecule has 18 heavy (non-hydrogen) atoms. The van der Waals surface area contributed by atoms with Gasteiger partial charge in [-0.2, -0.15) is 0 Å². The van der Waals surface area contributed by atoms with Gasteiger partial charge in [-0.25, -0.2) is 8.93 Å². The van der Waals surface area contributed by atoms with E-state index in [2.05, 4.69) is 14.9 Å². The molecule has 4 atom stereocenters. The second-order valence-electron chi connectivity index (χ2n) is 6.05. The zero-order chi connectivity index (χ0) is 12.5. The fourth-order valence-electron chi connectivity index (χ4n) is 3.72. The number of hydrogen-bond donors (Lipinski definition) is 2. The van der Waals surface area contributed by atoms with Gasteiger partial charge in [0.05, 0.1) is 11.0 Å². The van der Waals surface area contributed by atoms with E-state index in [0.717, 1.165) is 36.0 Å². The van der Waals surface area contributed by atoms with Crippen LogP contribution in [-0.4, -0.2) is 54.1 Å². The highest BCUT2D eigenvalue weighted by Crippen LogP contribution is 2.51. The lowest BCUT2D eigenvalue weighted by Crippen LogP contribution is -2.33. The van der Waals surface area contributed by atoms with Crippen LogP contribution >= 0.6 is 0 Å². The lowest BCUT2D eigenvalue weighted by atomic mass is 10.1. The molecule has 0 amide bonds. The standard InChI is InChI=1S/C13H25N3OS/c1-2-18(17)15-6-11-12-8-16(9-13(11)12)7-10-3-4-14-5-10/h10-15H,2-9H2,1H3. The van der Waals surface area contributed by atoms with Gasteiger partial charge in [0.1, 0.15) is 0 Å². The number of rotatable bonds is 6. The zero-order valence-corrected chi connectivity index (χ0v) is 12.0. The summed E-state index contributed by atoms with van der Waals surface area (Å²) in [7, 11) is -0.800. The highest BCUT2D eigenvalue weighted by atomic mass is 32.2. The first-order chi connectivity index (χ1) is 8.78. The first-order valence-corrected chi connectivity index (χ1v) is 8.64. The number of likely N-dealkylation sites (tertiary alicyclic amines) is 1. The molecule has 0 radical (unpaired) electrons. The Labute approximate surface area is 112 Å². The lowest BCUT2D eigenvalue weighted by molar-refractivity contribution is 0.248. The molecule has 3 aliphatic rings. The summed E-state index contributed by atoms with van der Waals surface area (Å²) in [5.41, 5.74) is 0. The number of nitrogens with one attached hydrogen (secondary N) is 2. The molecule has 1 saturated carbocycles. The van der Waals surface area contributed by atoms with E-state index in [9.17, 15) is 4.21 Å². The van der Waals surface area contributed by atoms with E-state index in [0.29, 0.717) is 0 Å². The Morgan fingerprint density at radius 1 is 1.39 bits per heavy atom. The molecule has 4 unspecified atom stereocenters. The predicted octanol–water partition coefficient (Wildman–Crippen LogP) is 0.0469. The molecule has 3 fully saturated rings. The summed E-state index contributed by atoms with van der Waals surface area (Å²) >= 11 is 0. The van der Waals surface area contributed by atoms with Crippen LogP contribution in [0.1, 0.15) is 13.3 Å². The average Bonchev–Trinajstić information content (AvgIpc) is 2.81. The van der Waals surface area contributed by atoms with Crippen LogP contribution in [0.25, 0.3) is 0 Å². The summed E-state index contributed by atoms with van der Waals surface area (Å²) in [6.45, 7) is 9.22. The minimum atomic E-state index is -0.800. The molecule has 3 rings (SSSR count). The fourth-order valence-corrected chi connectivity index (χ4v) is 4.30. The summed E-state index contributed by atoms with van der Waals surface area (Å²) in [5.74, 6) is 4.19. The third kappa shape index (κ3) is 2.79. The van der Waals surface area contributed by atoms with Gasteiger partial charge in [-0.05, 0) is 43.2 Å². The van der Waals surface area contributed by atoms with Gasteiger partial charge in [0.2, 0.25) is 0 Å². The Balaban J connectivity index is 1.35. The van der Waals surface area contributed by atoms with Crippen molar-refractivity contribution in [3.8, 4) is 0 Å². The Kier molecular flexibility index (Phi) is 4.03. The Morgan fingerprint density at radius 3 is 2.78 bits per heavy atom. The monoisotopic (exact) mass is 271 g/mol. The van der Waals surface area contributed by atoms with Crippen LogP contribution in [0.4, 0.5) is 0 Å². The van der Waals surface area contributed by atoms with E-state index in [-0.39, 0.29) is 0 Å². The maximum Gasteiger partial charge on any atom is 0.0912 e. The Morgan fingerprint density at radius 2 is 2.17 bits per heavy atom. The third-order valence-corrected chi connectivity index (χ3v) is 5.88. The molecule has 2 aliphatic heterocycles. The first kappa shape index (κ1) is 13.0. The minimum absolute atomic E-state index is 0.725. The maximum absolute atomic E-state index is 11.3. The van der Waals surface area contributed by atoms with Crippen LogP contribution in [0.3, 0.4) is 0 Å². The van der Waals surface area contributed by atoms with Crippen LogP contribution < -0.4 is 10.0 Å². The SMILES string of the molecule is CCS(=O)NCC1C2CN(CC3CCNC3)CC12. The molecular formula is C13H25N3OS. The summed E-state index contributed by atoms with van der Waals surface area (Å²) in [6.07, 6.45) is 1.35. The van der Waals surface area contributed by atoms with Crippen LogP contribution in [-0.2, 0) is 11.0 Å². The highest BCUT2D eigenvalue weighted by molar-refractivity contribution is 7.82. The van der Waals surface area contributed by atoms with Crippen LogP contribution in [0.2, 0.25) is 0 Å². The lowest BCUT2D eigenvalue weighted by Gasteiger charge is -2.22. The molecule has 0 bridgehead atoms. The van der Waals surface area contributed by atoms with Crippen molar-refractivity contribution in [2.24, 2.45) is 23.7 Å². The molecule has 2 saturated heterocycles. The van der Waals surface area contributed by atoms with Crippen molar-refractivity contribution >= 4 is 11.0 Å². The van der Waals surface area contributed by atoms with E-state index in [1.165, 1.54) is 39.1 Å². The molecule has 4 nitrogen and oxygen atoms in total. The number of fused-ring (bicyclic) bond motifs is 1. The Bertz CT molecular complexity index is 307. The van der Waals surface area contributed by atoms with Gasteiger partial charge < -0.3 is 10.2 Å². The first-order valence-electron chi connectivity index (χ1n) is 7.33. The smallest absolute Gasteiger partial charge is 0.0912 e. The van der Waals surface area contributed by atoms with E-state index >= 15 is 0 Å². The maximum atomic E-state index is 11.3. The van der Waals surface area contributed by atoms with Crippen molar-refractivity contribution in [2.45, 2.75) is 13.3 Å². The fraction of sp³-hybridized carbons (Fsp3) is 1.00. The van der Waals surface area contributed by atoms with Crippen LogP contribution in [0.15, 0.2) is 0 Å². The summed E-state index contributed by atoms with van der Waals surface area (Å²) in [4.78, 5) is 2.65. The van der Waals surface area contributed by atoms with Crippen molar-refractivity contribution in [1.82, 2.24) is 14.9 Å². The molecule has 104 valence electrons. The van der Waals surface area contributed by atoms with E-state index in [4.69, 9.17) is 0 Å². The van der Waals surface area contributed by atoms with E-state index < -0.39 is 11.0 Å². The van der Waals surface area contributed by atoms with Crippen molar-refractivity contribution in [1.29, 1.82) is 0 Å². The molecule has 0 aromatic carbocycles. The van der Waals surface area contributed by atoms with Crippen molar-refractivity contribution in [2.75, 3.05) is 45.0 Å². The van der Waals surface area contributed by atoms with E-state index in [1.807, 2.05) is 6.92 Å². The number of hydrogen-bond acceptors (Lipinski definition) is 3. The van der Waals surface area contributed by atoms with Crippen molar-refractivity contribution < 1.29 is 4.21 Å². The van der Waals surface area contributed by atoms with Crippen molar-refractivity contribution in [3.05, 3.63) is 0 Å². The molecule has 2 N–H and O–H groups in total. The summed E-state index contributed by atoms with van der Waals surface area (Å²) in [6, 6.07) is 0. The molecule has 0 aromatic rings. The molecule has 5 heteroatoms. The molecule has 0 aromatic heterocycles. The molecule has 2 heterocycles. The summed E-state index contributed by atoms with van der Waals surface area (Å²) < 4.78 is 14.5. The van der Waals surface area contributed by atoms with Gasteiger partial charge in [-0.1, -0.05) is 6.92 Å². The van der Waals surface area contributed by atoms with Crippen LogP contribution in [0, 0.1) is 23.7 Å². The topological polar surface area (TPSA) is 44.4 Å². The van der Waals surface area contributed by atoms with Gasteiger partial charge in [0, 0.05) is 31.9 Å². The Hall–Kier alpha value is 0.0300. The summed E-state index contributed by atoms with van der Waals surface area (Å²) in [5, 5.41) is 3.45. The zero-order valence-electron chi connectivity index (χ0n) is 11.2. The van der Waals surface area contributed by atoms with Gasteiger partial charge in [0.15, 0.2) is 0 Å². The van der Waals surface area contributed by atoms with Crippen molar-refractivity contribution in [3.63, 3.8) is 0 Å². The van der Waals surface area contributed by atoms with E-state index in [1.54, 1.807) is 0 Å². The van der Waals surface area contributed by atoms with Gasteiger partial charge >= 0.3 is 0 Å². The highest BCUT2D eigenvalue weighted by Gasteiger charge is 2.55. The largest absolute Gasteiger partial charge is 0.316 e. The second kappa shape index (κ2) is 5.57. The second-order valence-corrected chi connectivity index (χ2v) is 7.61. The average molecular weight is 271 g/mol. The van der Waals surface area contributed by atoms with Crippen LogP contribution in [0.5, 0.6) is 0 Å². The van der Waals surface area contributed by atoms with Gasteiger partial charge in [0.25, 0.3) is 0 Å². The predicted molar refractivity (Wildman–Crippen MR) is 74.6 cm³/mol. The molecule has 1 aliphatic carbocycles. The number of piperidine rings is 1. The molecular weight excluding hydrogens is 246 g/mol. The van der Waals surface area contributed by atoms with Gasteiger partial charge in [-0.3, -0.25) is 0 Å². The quantitative estimate of drug-likeness (QED) is 0.717. The number of nitrogens with zero attached hydrogens (tertiary/aromatic N) is 1. The molecule has 0 spiro atoms. The third-order valence-electron chi connectivity index (χ3n) is 4.87. The normalized spacial score (nSPS) is 40.9. The van der Waals surface area contributed by atoms with Gasteiger partial charge in [-0.15, -0.1) is 0 Å².